The summed E-state index contributed by atoms with van der Waals surface area (Å²) in [4.78, 5) is 0. The molecular formula is C13H7F6NO. The van der Waals surface area contributed by atoms with Crippen LogP contribution in [0.3, 0.4) is 0 Å². The van der Waals surface area contributed by atoms with E-state index in [1.807, 2.05) is 5.32 Å². The summed E-state index contributed by atoms with van der Waals surface area (Å²) in [6.45, 7) is -0.523. The van der Waals surface area contributed by atoms with E-state index in [-0.39, 0.29) is 11.6 Å². The van der Waals surface area contributed by atoms with E-state index < -0.39 is 52.9 Å². The largest absolute Gasteiger partial charge is 0.503 e. The lowest BCUT2D eigenvalue weighted by molar-refractivity contribution is 0.395. The molecule has 2 nitrogen and oxygen atoms in total. The van der Waals surface area contributed by atoms with Gasteiger partial charge in [-0.05, 0) is 17.7 Å². The van der Waals surface area contributed by atoms with Gasteiger partial charge in [0, 0.05) is 12.6 Å². The van der Waals surface area contributed by atoms with E-state index in [0.29, 0.717) is 12.1 Å². The maximum absolute atomic E-state index is 13.3. The lowest BCUT2D eigenvalue weighted by atomic mass is 10.2. The summed E-state index contributed by atoms with van der Waals surface area (Å²) in [7, 11) is 0. The molecule has 0 spiro atoms. The molecule has 2 rings (SSSR count). The number of phenols is 1. The van der Waals surface area contributed by atoms with Gasteiger partial charge in [-0.1, -0.05) is 0 Å². The molecule has 0 saturated carbocycles. The third kappa shape index (κ3) is 2.88. The predicted octanol–water partition coefficient (Wildman–Crippen LogP) is 3.84. The van der Waals surface area contributed by atoms with Crippen molar-refractivity contribution in [2.75, 3.05) is 5.32 Å². The number of halogens is 6. The monoisotopic (exact) mass is 307 g/mol. The van der Waals surface area contributed by atoms with Gasteiger partial charge in [0.15, 0.2) is 40.7 Å². The van der Waals surface area contributed by atoms with Crippen molar-refractivity contribution in [1.29, 1.82) is 0 Å². The molecule has 2 aromatic rings. The van der Waals surface area contributed by atoms with Gasteiger partial charge in [-0.15, -0.1) is 0 Å². The molecule has 2 aromatic carbocycles. The Morgan fingerprint density at radius 2 is 1.24 bits per heavy atom. The first-order chi connectivity index (χ1) is 9.81. The summed E-state index contributed by atoms with van der Waals surface area (Å²) in [6.07, 6.45) is 0. The van der Waals surface area contributed by atoms with Gasteiger partial charge < -0.3 is 10.4 Å². The zero-order chi connectivity index (χ0) is 15.7. The topological polar surface area (TPSA) is 32.3 Å². The summed E-state index contributed by atoms with van der Waals surface area (Å²) in [5.74, 6) is -10.3. The molecule has 0 aliphatic heterocycles. The lowest BCUT2D eigenvalue weighted by Crippen LogP contribution is -2.07. The molecular weight excluding hydrogens is 300 g/mol. The third-order valence-electron chi connectivity index (χ3n) is 2.66. The molecule has 0 fully saturated rings. The van der Waals surface area contributed by atoms with Crippen LogP contribution in [0.25, 0.3) is 0 Å². The number of rotatable bonds is 3. The van der Waals surface area contributed by atoms with E-state index >= 15 is 0 Å². The molecule has 112 valence electrons. The molecule has 0 bridgehead atoms. The highest BCUT2D eigenvalue weighted by molar-refractivity contribution is 5.48. The molecule has 0 unspecified atom stereocenters. The molecule has 0 saturated heterocycles. The van der Waals surface area contributed by atoms with Crippen LogP contribution in [0.2, 0.25) is 0 Å². The van der Waals surface area contributed by atoms with E-state index in [0.717, 1.165) is 0 Å². The molecule has 8 heteroatoms. The molecule has 0 heterocycles. The number of anilines is 1. The Bertz CT molecular complexity index is 654. The van der Waals surface area contributed by atoms with Crippen LogP contribution >= 0.6 is 0 Å². The van der Waals surface area contributed by atoms with Crippen LogP contribution in [0.4, 0.5) is 32.0 Å². The van der Waals surface area contributed by atoms with Gasteiger partial charge in [0.25, 0.3) is 0 Å². The Labute approximate surface area is 114 Å². The zero-order valence-corrected chi connectivity index (χ0v) is 10.2. The summed E-state index contributed by atoms with van der Waals surface area (Å²) >= 11 is 0. The summed E-state index contributed by atoms with van der Waals surface area (Å²) in [6, 6.07) is 1.45. The van der Waals surface area contributed by atoms with E-state index in [4.69, 9.17) is 5.11 Å². The fourth-order valence-electron chi connectivity index (χ4n) is 1.64. The second-order valence-corrected chi connectivity index (χ2v) is 4.10. The van der Waals surface area contributed by atoms with Gasteiger partial charge in [-0.25, -0.2) is 26.3 Å². The SMILES string of the molecule is Oc1c(F)cc(CNc2c(F)c(F)cc(F)c2F)cc1F. The average Bonchev–Trinajstić information content (AvgIpc) is 2.42. The molecule has 21 heavy (non-hydrogen) atoms. The van der Waals surface area contributed by atoms with Gasteiger partial charge >= 0.3 is 0 Å². The Morgan fingerprint density at radius 1 is 0.762 bits per heavy atom. The van der Waals surface area contributed by atoms with Crippen LogP contribution in [-0.4, -0.2) is 5.11 Å². The van der Waals surface area contributed by atoms with Gasteiger partial charge in [-0.3, -0.25) is 0 Å². The molecule has 0 radical (unpaired) electrons. The van der Waals surface area contributed by atoms with Crippen LogP contribution in [-0.2, 0) is 6.54 Å². The van der Waals surface area contributed by atoms with Crippen molar-refractivity contribution in [3.8, 4) is 5.75 Å². The number of phenolic OH excluding ortho intramolecular Hbond substituents is 1. The standard InChI is InChI=1S/C13H7F6NO/c14-6-3-7(15)11(19)12(10(6)18)20-4-5-1-8(16)13(21)9(17)2-5/h1-3,20-21H,4H2. The highest BCUT2D eigenvalue weighted by Gasteiger charge is 2.19. The zero-order valence-electron chi connectivity index (χ0n) is 10.2. The summed E-state index contributed by atoms with van der Waals surface area (Å²) in [5.41, 5.74) is -1.23. The minimum atomic E-state index is -1.66. The summed E-state index contributed by atoms with van der Waals surface area (Å²) in [5, 5.41) is 10.9. The molecule has 0 aliphatic carbocycles. The second-order valence-electron chi connectivity index (χ2n) is 4.10. The fourth-order valence-corrected chi connectivity index (χ4v) is 1.64. The highest BCUT2D eigenvalue weighted by atomic mass is 19.2. The quantitative estimate of drug-likeness (QED) is 0.667. The lowest BCUT2D eigenvalue weighted by Gasteiger charge is -2.10. The van der Waals surface area contributed by atoms with E-state index in [2.05, 4.69) is 0 Å². The Hall–Kier alpha value is -2.38. The minimum Gasteiger partial charge on any atom is -0.503 e. The third-order valence-corrected chi connectivity index (χ3v) is 2.66. The average molecular weight is 307 g/mol. The van der Waals surface area contributed by atoms with Crippen LogP contribution in [0.5, 0.6) is 5.75 Å². The molecule has 0 aromatic heterocycles. The van der Waals surface area contributed by atoms with Gasteiger partial charge in [0.1, 0.15) is 5.69 Å². The molecule has 0 aliphatic rings. The number of hydrogen-bond donors (Lipinski definition) is 2. The van der Waals surface area contributed by atoms with Gasteiger partial charge in [0.2, 0.25) is 0 Å². The van der Waals surface area contributed by atoms with Crippen molar-refractivity contribution in [2.45, 2.75) is 6.54 Å². The van der Waals surface area contributed by atoms with Crippen molar-refractivity contribution in [2.24, 2.45) is 0 Å². The van der Waals surface area contributed by atoms with E-state index in [1.165, 1.54) is 0 Å². The smallest absolute Gasteiger partial charge is 0.187 e. The highest BCUT2D eigenvalue weighted by Crippen LogP contribution is 2.26. The van der Waals surface area contributed by atoms with Crippen LogP contribution in [0.15, 0.2) is 18.2 Å². The van der Waals surface area contributed by atoms with Crippen LogP contribution in [0, 0.1) is 34.9 Å². The fraction of sp³-hybridized carbons (Fsp3) is 0.0769. The van der Waals surface area contributed by atoms with Gasteiger partial charge in [-0.2, -0.15) is 0 Å². The van der Waals surface area contributed by atoms with Crippen LogP contribution in [0.1, 0.15) is 5.56 Å². The molecule has 0 amide bonds. The van der Waals surface area contributed by atoms with Crippen molar-refractivity contribution >= 4 is 5.69 Å². The summed E-state index contributed by atoms with van der Waals surface area (Å²) < 4.78 is 78.7. The van der Waals surface area contributed by atoms with Crippen molar-refractivity contribution in [3.05, 3.63) is 58.7 Å². The van der Waals surface area contributed by atoms with E-state index in [1.54, 1.807) is 0 Å². The normalized spacial score (nSPS) is 10.8. The van der Waals surface area contributed by atoms with Crippen molar-refractivity contribution in [1.82, 2.24) is 0 Å². The Balaban J connectivity index is 2.29. The maximum atomic E-state index is 13.3. The first-order valence-corrected chi connectivity index (χ1v) is 5.55. The first kappa shape index (κ1) is 15.0. The number of nitrogens with one attached hydrogen (secondary N) is 1. The second kappa shape index (κ2) is 5.55. The minimum absolute atomic E-state index is 0.0374. The Morgan fingerprint density at radius 3 is 1.71 bits per heavy atom. The first-order valence-electron chi connectivity index (χ1n) is 5.55. The van der Waals surface area contributed by atoms with Gasteiger partial charge in [0.05, 0.1) is 0 Å². The Kier molecular flexibility index (Phi) is 3.97. The number of aromatic hydroxyl groups is 1. The number of hydrogen-bond acceptors (Lipinski definition) is 2. The van der Waals surface area contributed by atoms with Crippen LogP contribution < -0.4 is 5.32 Å². The van der Waals surface area contributed by atoms with Crippen molar-refractivity contribution < 1.29 is 31.4 Å². The maximum Gasteiger partial charge on any atom is 0.187 e. The van der Waals surface area contributed by atoms with Crippen molar-refractivity contribution in [3.63, 3.8) is 0 Å². The molecule has 2 N–H and O–H groups in total. The molecule has 0 atom stereocenters. The number of benzene rings is 2. The predicted molar refractivity (Wildman–Crippen MR) is 61.6 cm³/mol. The van der Waals surface area contributed by atoms with E-state index in [9.17, 15) is 26.3 Å².